The van der Waals surface area contributed by atoms with Crippen molar-refractivity contribution in [3.63, 3.8) is 0 Å². The maximum Gasteiger partial charge on any atom is 0.230 e. The molecule has 1 aromatic heterocycles. The van der Waals surface area contributed by atoms with Gasteiger partial charge in [0.1, 0.15) is 0 Å². The SMILES string of the molecule is CC(=O)N(c1nc(CSc2ccccc2)cs1)c1c(C)cc(C)cc1Cl. The van der Waals surface area contributed by atoms with Crippen LogP contribution in [-0.2, 0) is 10.5 Å². The molecule has 0 saturated carbocycles. The lowest BCUT2D eigenvalue weighted by atomic mass is 10.1. The lowest BCUT2D eigenvalue weighted by Crippen LogP contribution is -2.24. The Balaban J connectivity index is 1.86. The number of hydrogen-bond acceptors (Lipinski definition) is 4. The number of nitrogens with zero attached hydrogens (tertiary/aromatic N) is 2. The van der Waals surface area contributed by atoms with E-state index < -0.39 is 0 Å². The van der Waals surface area contributed by atoms with E-state index in [1.165, 1.54) is 23.2 Å². The smallest absolute Gasteiger partial charge is 0.230 e. The molecule has 0 aliphatic carbocycles. The highest BCUT2D eigenvalue weighted by Crippen LogP contribution is 2.38. The average Bonchev–Trinajstić information content (AvgIpc) is 3.05. The molecule has 26 heavy (non-hydrogen) atoms. The number of halogens is 1. The van der Waals surface area contributed by atoms with Gasteiger partial charge in [0.15, 0.2) is 5.13 Å². The van der Waals surface area contributed by atoms with E-state index in [0.717, 1.165) is 22.6 Å². The number of benzene rings is 2. The Kier molecular flexibility index (Phi) is 6.01. The van der Waals surface area contributed by atoms with Crippen LogP contribution < -0.4 is 4.90 Å². The number of amides is 1. The molecule has 0 unspecified atom stereocenters. The molecule has 0 bridgehead atoms. The summed E-state index contributed by atoms with van der Waals surface area (Å²) in [6.07, 6.45) is 0. The summed E-state index contributed by atoms with van der Waals surface area (Å²) in [7, 11) is 0. The van der Waals surface area contributed by atoms with Crippen LogP contribution in [0.2, 0.25) is 5.02 Å². The summed E-state index contributed by atoms with van der Waals surface area (Å²) < 4.78 is 0. The van der Waals surface area contributed by atoms with Crippen LogP contribution in [0.3, 0.4) is 0 Å². The van der Waals surface area contributed by atoms with Gasteiger partial charge in [-0.3, -0.25) is 9.69 Å². The van der Waals surface area contributed by atoms with Crippen molar-refractivity contribution in [2.75, 3.05) is 4.90 Å². The highest BCUT2D eigenvalue weighted by molar-refractivity contribution is 7.98. The fourth-order valence-electron chi connectivity index (χ4n) is 2.72. The van der Waals surface area contributed by atoms with Crippen LogP contribution in [0.25, 0.3) is 0 Å². The first-order valence-corrected chi connectivity index (χ1v) is 10.4. The first-order valence-electron chi connectivity index (χ1n) is 8.15. The van der Waals surface area contributed by atoms with E-state index in [4.69, 9.17) is 11.6 Å². The summed E-state index contributed by atoms with van der Waals surface area (Å²) in [6.45, 7) is 5.49. The van der Waals surface area contributed by atoms with Gasteiger partial charge in [-0.15, -0.1) is 23.1 Å². The summed E-state index contributed by atoms with van der Waals surface area (Å²) in [4.78, 5) is 19.8. The molecular formula is C20H19ClN2OS2. The zero-order valence-corrected chi connectivity index (χ0v) is 17.2. The predicted molar refractivity (Wildman–Crippen MR) is 112 cm³/mol. The van der Waals surface area contributed by atoms with Gasteiger partial charge in [-0.1, -0.05) is 35.9 Å². The number of aromatic nitrogens is 1. The van der Waals surface area contributed by atoms with Crippen LogP contribution in [0.15, 0.2) is 52.7 Å². The molecule has 6 heteroatoms. The number of thioether (sulfide) groups is 1. The third kappa shape index (κ3) is 4.29. The summed E-state index contributed by atoms with van der Waals surface area (Å²) in [5, 5.41) is 3.21. The average molecular weight is 403 g/mol. The Morgan fingerprint density at radius 3 is 2.62 bits per heavy atom. The van der Waals surface area contributed by atoms with Gasteiger partial charge in [0.05, 0.1) is 16.4 Å². The van der Waals surface area contributed by atoms with E-state index in [2.05, 4.69) is 17.1 Å². The number of aryl methyl sites for hydroxylation is 2. The monoisotopic (exact) mass is 402 g/mol. The third-order valence-corrected chi connectivity index (χ3v) is 6.01. The van der Waals surface area contributed by atoms with E-state index in [1.54, 1.807) is 16.7 Å². The quantitative estimate of drug-likeness (QED) is 0.463. The van der Waals surface area contributed by atoms with Crippen molar-refractivity contribution in [1.82, 2.24) is 4.98 Å². The van der Waals surface area contributed by atoms with Crippen molar-refractivity contribution in [3.8, 4) is 0 Å². The minimum atomic E-state index is -0.101. The second-order valence-electron chi connectivity index (χ2n) is 5.99. The van der Waals surface area contributed by atoms with Gasteiger partial charge in [0.2, 0.25) is 5.91 Å². The van der Waals surface area contributed by atoms with Crippen LogP contribution >= 0.6 is 34.7 Å². The van der Waals surface area contributed by atoms with Crippen molar-refractivity contribution in [2.45, 2.75) is 31.4 Å². The van der Waals surface area contributed by atoms with E-state index in [-0.39, 0.29) is 5.91 Å². The molecule has 0 fully saturated rings. The summed E-state index contributed by atoms with van der Waals surface area (Å²) >= 11 is 9.64. The van der Waals surface area contributed by atoms with Crippen molar-refractivity contribution >= 4 is 51.4 Å². The van der Waals surface area contributed by atoms with Crippen LogP contribution in [0.1, 0.15) is 23.7 Å². The first kappa shape index (κ1) is 19.0. The number of anilines is 2. The fraction of sp³-hybridized carbons (Fsp3) is 0.200. The van der Waals surface area contributed by atoms with Gasteiger partial charge >= 0.3 is 0 Å². The second-order valence-corrected chi connectivity index (χ2v) is 8.28. The normalized spacial score (nSPS) is 10.8. The zero-order chi connectivity index (χ0) is 18.7. The van der Waals surface area contributed by atoms with Crippen molar-refractivity contribution in [1.29, 1.82) is 0 Å². The molecule has 0 aliphatic rings. The number of thiazole rings is 1. The molecule has 3 rings (SSSR count). The summed E-state index contributed by atoms with van der Waals surface area (Å²) in [6, 6.07) is 14.1. The minimum Gasteiger partial charge on any atom is -0.274 e. The molecule has 0 N–H and O–H groups in total. The van der Waals surface area contributed by atoms with Gasteiger partial charge in [0, 0.05) is 23.0 Å². The highest BCUT2D eigenvalue weighted by atomic mass is 35.5. The van der Waals surface area contributed by atoms with E-state index >= 15 is 0 Å². The molecule has 3 nitrogen and oxygen atoms in total. The molecule has 3 aromatic rings. The van der Waals surface area contributed by atoms with Crippen LogP contribution in [0.5, 0.6) is 0 Å². The van der Waals surface area contributed by atoms with E-state index in [1.807, 2.05) is 49.6 Å². The number of hydrogen-bond donors (Lipinski definition) is 0. The molecule has 1 amide bonds. The second kappa shape index (κ2) is 8.25. The van der Waals surface area contributed by atoms with Gasteiger partial charge in [-0.25, -0.2) is 4.98 Å². The molecule has 1 heterocycles. The Hall–Kier alpha value is -1.82. The Morgan fingerprint density at radius 1 is 1.23 bits per heavy atom. The summed E-state index contributed by atoms with van der Waals surface area (Å²) in [5.41, 5.74) is 3.69. The number of rotatable bonds is 5. The molecule has 0 saturated heterocycles. The van der Waals surface area contributed by atoms with Gasteiger partial charge in [-0.05, 0) is 43.2 Å². The molecule has 0 aliphatic heterocycles. The molecule has 2 aromatic carbocycles. The van der Waals surface area contributed by atoms with E-state index in [9.17, 15) is 4.79 Å². The molecular weight excluding hydrogens is 384 g/mol. The lowest BCUT2D eigenvalue weighted by molar-refractivity contribution is -0.115. The maximum absolute atomic E-state index is 12.4. The van der Waals surface area contributed by atoms with Crippen LogP contribution in [0.4, 0.5) is 10.8 Å². The van der Waals surface area contributed by atoms with Gasteiger partial charge in [0.25, 0.3) is 0 Å². The number of carbonyl (C=O) groups is 1. The zero-order valence-electron chi connectivity index (χ0n) is 14.8. The Bertz CT molecular complexity index is 902. The van der Waals surface area contributed by atoms with Gasteiger partial charge in [-0.2, -0.15) is 0 Å². The van der Waals surface area contributed by atoms with Crippen LogP contribution in [0, 0.1) is 13.8 Å². The van der Waals surface area contributed by atoms with Crippen molar-refractivity contribution in [2.24, 2.45) is 0 Å². The van der Waals surface area contributed by atoms with Crippen LogP contribution in [-0.4, -0.2) is 10.9 Å². The summed E-state index contributed by atoms with van der Waals surface area (Å²) in [5.74, 6) is 0.655. The first-order chi connectivity index (χ1) is 12.5. The van der Waals surface area contributed by atoms with Crippen molar-refractivity contribution < 1.29 is 4.79 Å². The fourth-order valence-corrected chi connectivity index (χ4v) is 4.91. The number of carbonyl (C=O) groups excluding carboxylic acids is 1. The lowest BCUT2D eigenvalue weighted by Gasteiger charge is -2.22. The Labute approximate surface area is 167 Å². The standard InChI is InChI=1S/C20H19ClN2OS2/c1-13-9-14(2)19(18(21)10-13)23(15(3)24)20-22-16(12-26-20)11-25-17-7-5-4-6-8-17/h4-10,12H,11H2,1-3H3. The molecule has 0 radical (unpaired) electrons. The van der Waals surface area contributed by atoms with Crippen molar-refractivity contribution in [3.05, 3.63) is 69.7 Å². The topological polar surface area (TPSA) is 33.2 Å². The third-order valence-electron chi connectivity index (χ3n) is 3.80. The molecule has 134 valence electrons. The van der Waals surface area contributed by atoms with Gasteiger partial charge < -0.3 is 0 Å². The largest absolute Gasteiger partial charge is 0.274 e. The highest BCUT2D eigenvalue weighted by Gasteiger charge is 2.22. The minimum absolute atomic E-state index is 0.101. The molecule has 0 atom stereocenters. The maximum atomic E-state index is 12.4. The Morgan fingerprint density at radius 2 is 1.96 bits per heavy atom. The van der Waals surface area contributed by atoms with E-state index in [0.29, 0.717) is 15.8 Å². The molecule has 0 spiro atoms. The predicted octanol–water partition coefficient (Wildman–Crippen LogP) is 6.39.